The smallest absolute Gasteiger partial charge is 0.248 e. The average molecular weight is 447 g/mol. The summed E-state index contributed by atoms with van der Waals surface area (Å²) in [6.07, 6.45) is 3.11. The third kappa shape index (κ3) is 4.61. The summed E-state index contributed by atoms with van der Waals surface area (Å²) < 4.78 is 33.1. The van der Waals surface area contributed by atoms with Gasteiger partial charge in [0.2, 0.25) is 27.7 Å². The van der Waals surface area contributed by atoms with Crippen LogP contribution in [0.5, 0.6) is 0 Å². The number of nitrogens with zero attached hydrogens (tertiary/aromatic N) is 3. The number of hydrogen-bond acceptors (Lipinski definition) is 7. The number of nitrogens with one attached hydrogen (secondary N) is 1. The first-order valence-corrected chi connectivity index (χ1v) is 12.2. The van der Waals surface area contributed by atoms with Gasteiger partial charge in [-0.15, -0.1) is 10.2 Å². The summed E-state index contributed by atoms with van der Waals surface area (Å²) in [6.45, 7) is 1.02. The van der Waals surface area contributed by atoms with Gasteiger partial charge in [-0.3, -0.25) is 4.79 Å². The van der Waals surface area contributed by atoms with Crippen LogP contribution in [-0.4, -0.2) is 41.9 Å². The zero-order chi connectivity index (χ0) is 21.0. The predicted octanol–water partition coefficient (Wildman–Crippen LogP) is 3.54. The van der Waals surface area contributed by atoms with Gasteiger partial charge in [0.15, 0.2) is 0 Å². The number of benzene rings is 1. The minimum absolute atomic E-state index is 0.101. The topological polar surface area (TPSA) is 105 Å². The summed E-state index contributed by atoms with van der Waals surface area (Å²) in [5, 5.41) is 14.5. The molecule has 8 nitrogen and oxygen atoms in total. The highest BCUT2D eigenvalue weighted by molar-refractivity contribution is 7.89. The van der Waals surface area contributed by atoms with E-state index >= 15 is 0 Å². The second-order valence-corrected chi connectivity index (χ2v) is 9.71. The van der Waals surface area contributed by atoms with Gasteiger partial charge >= 0.3 is 0 Å². The van der Waals surface area contributed by atoms with Gasteiger partial charge < -0.3 is 9.73 Å². The Morgan fingerprint density at radius 1 is 1.13 bits per heavy atom. The Balaban J connectivity index is 1.41. The van der Waals surface area contributed by atoms with Crippen LogP contribution >= 0.6 is 11.3 Å². The second kappa shape index (κ2) is 9.07. The van der Waals surface area contributed by atoms with E-state index in [1.54, 1.807) is 18.2 Å². The highest BCUT2D eigenvalue weighted by Crippen LogP contribution is 2.27. The maximum atomic E-state index is 13.0. The molecule has 1 N–H and O–H groups in total. The van der Waals surface area contributed by atoms with E-state index < -0.39 is 10.0 Å². The van der Waals surface area contributed by atoms with Crippen molar-refractivity contribution in [2.75, 3.05) is 18.4 Å². The number of rotatable bonds is 7. The molecule has 0 atom stereocenters. The lowest BCUT2D eigenvalue weighted by molar-refractivity contribution is -0.116. The van der Waals surface area contributed by atoms with Crippen LogP contribution in [0.3, 0.4) is 0 Å². The molecule has 0 unspecified atom stereocenters. The first-order chi connectivity index (χ1) is 14.5. The van der Waals surface area contributed by atoms with Crippen molar-refractivity contribution in [1.29, 1.82) is 0 Å². The van der Waals surface area contributed by atoms with Gasteiger partial charge in [-0.2, -0.15) is 15.6 Å². The molecule has 30 heavy (non-hydrogen) atoms. The van der Waals surface area contributed by atoms with E-state index in [1.807, 2.05) is 16.8 Å². The van der Waals surface area contributed by atoms with E-state index in [1.165, 1.54) is 21.7 Å². The molecule has 1 saturated heterocycles. The van der Waals surface area contributed by atoms with Crippen LogP contribution in [0.1, 0.15) is 31.6 Å². The van der Waals surface area contributed by atoms with Crippen molar-refractivity contribution < 1.29 is 17.6 Å². The van der Waals surface area contributed by atoms with Crippen LogP contribution in [-0.2, 0) is 21.2 Å². The Labute approximate surface area is 179 Å². The van der Waals surface area contributed by atoms with Crippen LogP contribution in [0, 0.1) is 0 Å². The Kier molecular flexibility index (Phi) is 6.26. The zero-order valence-electron chi connectivity index (χ0n) is 16.3. The van der Waals surface area contributed by atoms with Crippen LogP contribution < -0.4 is 5.32 Å². The number of aromatic nitrogens is 2. The summed E-state index contributed by atoms with van der Waals surface area (Å²) in [4.78, 5) is 12.6. The maximum absolute atomic E-state index is 13.0. The number of thiophene rings is 1. The van der Waals surface area contributed by atoms with Crippen molar-refractivity contribution >= 4 is 33.0 Å². The molecule has 0 radical (unpaired) electrons. The summed E-state index contributed by atoms with van der Waals surface area (Å²) in [5.41, 5.74) is 1.14. The largest absolute Gasteiger partial charge is 0.421 e. The number of anilines is 1. The number of para-hydroxylation sites is 1. The third-order valence-electron chi connectivity index (χ3n) is 4.89. The van der Waals surface area contributed by atoms with Crippen LogP contribution in [0.4, 0.5) is 5.69 Å². The number of carbonyl (C=O) groups excluding carboxylic acids is 1. The molecule has 1 amide bonds. The summed E-state index contributed by atoms with van der Waals surface area (Å²) in [7, 11) is -3.65. The molecule has 10 heteroatoms. The van der Waals surface area contributed by atoms with Gasteiger partial charge in [0.05, 0.1) is 5.69 Å². The molecule has 1 aromatic carbocycles. The highest BCUT2D eigenvalue weighted by atomic mass is 32.2. The number of amides is 1. The second-order valence-electron chi connectivity index (χ2n) is 7.02. The predicted molar refractivity (Wildman–Crippen MR) is 114 cm³/mol. The fraction of sp³-hybridized carbons (Fsp3) is 0.350. The maximum Gasteiger partial charge on any atom is 0.248 e. The molecular weight excluding hydrogens is 424 g/mol. The minimum atomic E-state index is -3.65. The van der Waals surface area contributed by atoms with E-state index in [9.17, 15) is 13.2 Å². The molecule has 0 saturated carbocycles. The third-order valence-corrected chi connectivity index (χ3v) is 7.53. The van der Waals surface area contributed by atoms with Crippen LogP contribution in [0.25, 0.3) is 11.5 Å². The average Bonchev–Trinajstić information content (AvgIpc) is 3.45. The molecular formula is C20H22N4O4S2. The summed E-state index contributed by atoms with van der Waals surface area (Å²) >= 11 is 1.53. The normalized spacial score (nSPS) is 15.2. The van der Waals surface area contributed by atoms with E-state index in [4.69, 9.17) is 4.42 Å². The molecule has 0 spiro atoms. The fourth-order valence-electron chi connectivity index (χ4n) is 3.33. The Hall–Kier alpha value is -2.56. The Bertz CT molecular complexity index is 1100. The molecule has 3 aromatic rings. The van der Waals surface area contributed by atoms with Crippen molar-refractivity contribution in [3.05, 3.63) is 47.0 Å². The molecule has 4 rings (SSSR count). The monoisotopic (exact) mass is 446 g/mol. The van der Waals surface area contributed by atoms with Crippen LogP contribution in [0.15, 0.2) is 50.4 Å². The molecule has 1 aliphatic rings. The molecule has 3 heterocycles. The highest BCUT2D eigenvalue weighted by Gasteiger charge is 2.28. The van der Waals surface area contributed by atoms with Crippen molar-refractivity contribution in [1.82, 2.24) is 14.5 Å². The van der Waals surface area contributed by atoms with Crippen molar-refractivity contribution in [3.8, 4) is 11.5 Å². The lowest BCUT2D eigenvalue weighted by atomic mass is 10.2. The molecule has 1 aliphatic heterocycles. The Morgan fingerprint density at radius 3 is 2.70 bits per heavy atom. The van der Waals surface area contributed by atoms with E-state index in [0.29, 0.717) is 24.9 Å². The van der Waals surface area contributed by atoms with Gasteiger partial charge in [-0.25, -0.2) is 8.42 Å². The molecule has 2 aromatic heterocycles. The summed E-state index contributed by atoms with van der Waals surface area (Å²) in [5.74, 6) is 0.469. The quantitative estimate of drug-likeness (QED) is 0.595. The van der Waals surface area contributed by atoms with Crippen molar-refractivity contribution in [2.45, 2.75) is 37.0 Å². The lowest BCUT2D eigenvalue weighted by Gasteiger charge is -2.26. The number of carbonyl (C=O) groups is 1. The first kappa shape index (κ1) is 20.7. The number of sulfonamides is 1. The van der Waals surface area contributed by atoms with E-state index in [2.05, 4.69) is 15.5 Å². The molecule has 158 valence electrons. The molecule has 0 bridgehead atoms. The van der Waals surface area contributed by atoms with Crippen molar-refractivity contribution in [2.24, 2.45) is 0 Å². The molecule has 0 aliphatic carbocycles. The van der Waals surface area contributed by atoms with Gasteiger partial charge in [-0.05, 0) is 36.4 Å². The van der Waals surface area contributed by atoms with E-state index in [0.717, 1.165) is 24.8 Å². The Morgan fingerprint density at radius 2 is 1.93 bits per heavy atom. The van der Waals surface area contributed by atoms with Gasteiger partial charge in [0.25, 0.3) is 0 Å². The van der Waals surface area contributed by atoms with Gasteiger partial charge in [-0.1, -0.05) is 18.6 Å². The van der Waals surface area contributed by atoms with Gasteiger partial charge in [0, 0.05) is 36.9 Å². The fourth-order valence-corrected chi connectivity index (χ4v) is 5.62. The number of piperidine rings is 1. The lowest BCUT2D eigenvalue weighted by Crippen LogP contribution is -2.36. The van der Waals surface area contributed by atoms with E-state index in [-0.39, 0.29) is 29.3 Å². The standard InChI is InChI=1S/C20H22N4O4S2/c25-18(8-9-19-22-23-20(28-19)15-10-13-29-14-15)21-16-6-2-3-7-17(16)30(26,27)24-11-4-1-5-12-24/h2-3,6-7,10,13-14H,1,4-5,8-9,11-12H2,(H,21,25). The van der Waals surface area contributed by atoms with Crippen molar-refractivity contribution in [3.63, 3.8) is 0 Å². The summed E-state index contributed by atoms with van der Waals surface area (Å²) in [6, 6.07) is 8.39. The minimum Gasteiger partial charge on any atom is -0.421 e. The first-order valence-electron chi connectivity index (χ1n) is 9.78. The zero-order valence-corrected chi connectivity index (χ0v) is 17.9. The molecule has 1 fully saturated rings. The van der Waals surface area contributed by atoms with Gasteiger partial charge in [0.1, 0.15) is 4.90 Å². The SMILES string of the molecule is O=C(CCc1nnc(-c2ccsc2)o1)Nc1ccccc1S(=O)(=O)N1CCCCC1. The number of hydrogen-bond donors (Lipinski definition) is 1. The number of aryl methyl sites for hydroxylation is 1. The van der Waals surface area contributed by atoms with Crippen LogP contribution in [0.2, 0.25) is 0 Å².